The molecule has 1 aliphatic rings. The van der Waals surface area contributed by atoms with Gasteiger partial charge >= 0.3 is 0 Å². The number of fused-ring (bicyclic) bond motifs is 1. The van der Waals surface area contributed by atoms with Crippen molar-refractivity contribution in [1.82, 2.24) is 14.9 Å². The summed E-state index contributed by atoms with van der Waals surface area (Å²) in [6, 6.07) is 6.90. The molecule has 0 atom stereocenters. The topological polar surface area (TPSA) is 81.3 Å². The third kappa shape index (κ3) is 2.75. The summed E-state index contributed by atoms with van der Waals surface area (Å²) in [5.74, 6) is 0.702. The van der Waals surface area contributed by atoms with Crippen molar-refractivity contribution in [3.8, 4) is 5.75 Å². The van der Waals surface area contributed by atoms with Gasteiger partial charge in [0.15, 0.2) is 0 Å². The van der Waals surface area contributed by atoms with Crippen LogP contribution in [-0.2, 0) is 6.54 Å². The number of nitrogens with zero attached hydrogens (tertiary/aromatic N) is 3. The van der Waals surface area contributed by atoms with Gasteiger partial charge in [-0.2, -0.15) is 0 Å². The molecule has 2 N–H and O–H groups in total. The molecule has 0 aliphatic carbocycles. The molecule has 1 amide bonds. The molecule has 0 saturated carbocycles. The number of rotatable bonds is 3. The van der Waals surface area contributed by atoms with Gasteiger partial charge in [-0.25, -0.2) is 9.97 Å². The highest BCUT2D eigenvalue weighted by molar-refractivity contribution is 7.98. The molecule has 1 aromatic carbocycles. The summed E-state index contributed by atoms with van der Waals surface area (Å²) < 4.78 is 5.10. The van der Waals surface area contributed by atoms with Gasteiger partial charge in [0.1, 0.15) is 15.8 Å². The van der Waals surface area contributed by atoms with Crippen LogP contribution in [0.5, 0.6) is 5.75 Å². The number of aromatic nitrogens is 2. The Balaban J connectivity index is 1.93. The Morgan fingerprint density at radius 1 is 1.35 bits per heavy atom. The molecule has 3 rings (SSSR count). The third-order valence-electron chi connectivity index (χ3n) is 3.51. The van der Waals surface area contributed by atoms with Crippen LogP contribution in [-0.4, -0.2) is 39.1 Å². The van der Waals surface area contributed by atoms with Gasteiger partial charge in [0.2, 0.25) is 5.95 Å². The minimum atomic E-state index is -0.179. The van der Waals surface area contributed by atoms with Crippen molar-refractivity contribution in [3.63, 3.8) is 0 Å². The lowest BCUT2D eigenvalue weighted by molar-refractivity contribution is 0.0847. The van der Waals surface area contributed by atoms with Gasteiger partial charge in [0.05, 0.1) is 24.9 Å². The van der Waals surface area contributed by atoms with Gasteiger partial charge in [-0.05, 0) is 30.5 Å². The number of nitrogen functional groups attached to an aromatic ring is 1. The second-order valence-corrected chi connectivity index (χ2v) is 6.02. The van der Waals surface area contributed by atoms with Crippen molar-refractivity contribution in [2.24, 2.45) is 0 Å². The van der Waals surface area contributed by atoms with E-state index in [1.807, 2.05) is 6.26 Å². The Morgan fingerprint density at radius 2 is 2.04 bits per heavy atom. The molecule has 0 spiro atoms. The van der Waals surface area contributed by atoms with E-state index in [0.29, 0.717) is 33.6 Å². The number of carbonyl (C=O) groups is 1. The molecule has 1 aromatic heterocycles. The smallest absolute Gasteiger partial charge is 0.259 e. The molecule has 0 unspecified atom stereocenters. The number of anilines is 1. The van der Waals surface area contributed by atoms with Crippen molar-refractivity contribution in [2.75, 3.05) is 19.1 Å². The highest BCUT2D eigenvalue weighted by Crippen LogP contribution is 2.31. The fourth-order valence-corrected chi connectivity index (χ4v) is 3.42. The zero-order valence-electron chi connectivity index (χ0n) is 12.6. The lowest BCUT2D eigenvalue weighted by atomic mass is 10.2. The number of amides is 1. The Morgan fingerprint density at radius 3 is 2.65 bits per heavy atom. The molecule has 0 fully saturated rings. The van der Waals surface area contributed by atoms with Gasteiger partial charge in [0, 0.05) is 5.56 Å². The highest BCUT2D eigenvalue weighted by atomic mass is 32.2. The standard InChI is InChI=1S/C15H14N4O2S2/c1-21-9-5-3-8(4-6-9)13(20)19-7-10-11(14(19)22)12(23-2)18-15(16)17-10/h3-6H,7H2,1-2H3,(H2,16,17,18). The van der Waals surface area contributed by atoms with Crippen LogP contribution in [0.4, 0.5) is 5.95 Å². The SMILES string of the molecule is COc1ccc(C(=O)N2Cc3nc(N)nc(SC)c3C2=S)cc1. The molecule has 0 radical (unpaired) electrons. The summed E-state index contributed by atoms with van der Waals surface area (Å²) in [5, 5.41) is 0.697. The Bertz CT molecular complexity index is 793. The molecular weight excluding hydrogens is 332 g/mol. The summed E-state index contributed by atoms with van der Waals surface area (Å²) in [6.45, 7) is 0.305. The van der Waals surface area contributed by atoms with Crippen molar-refractivity contribution in [3.05, 3.63) is 41.1 Å². The van der Waals surface area contributed by atoms with Gasteiger partial charge in [-0.3, -0.25) is 9.69 Å². The van der Waals surface area contributed by atoms with E-state index < -0.39 is 0 Å². The number of methoxy groups -OCH3 is 1. The largest absolute Gasteiger partial charge is 0.497 e. The second-order valence-electron chi connectivity index (χ2n) is 4.84. The van der Waals surface area contributed by atoms with Crippen molar-refractivity contribution >= 4 is 40.8 Å². The average Bonchev–Trinajstić information content (AvgIpc) is 2.90. The lowest BCUT2D eigenvalue weighted by Gasteiger charge is -2.16. The third-order valence-corrected chi connectivity index (χ3v) is 4.62. The number of carbonyl (C=O) groups excluding carboxylic acids is 1. The molecule has 8 heteroatoms. The van der Waals surface area contributed by atoms with Gasteiger partial charge in [-0.1, -0.05) is 12.2 Å². The normalized spacial score (nSPS) is 13.1. The summed E-state index contributed by atoms with van der Waals surface area (Å²) >= 11 is 6.90. The van der Waals surface area contributed by atoms with Crippen LogP contribution in [0.15, 0.2) is 29.3 Å². The number of benzene rings is 1. The van der Waals surface area contributed by atoms with Crippen molar-refractivity contribution in [1.29, 1.82) is 0 Å². The van der Waals surface area contributed by atoms with E-state index in [9.17, 15) is 4.79 Å². The number of hydrogen-bond donors (Lipinski definition) is 1. The van der Waals surface area contributed by atoms with Crippen molar-refractivity contribution in [2.45, 2.75) is 11.6 Å². The predicted octanol–water partition coefficient (Wildman–Crippen LogP) is 2.12. The molecule has 1 aliphatic heterocycles. The first kappa shape index (κ1) is 15.7. The maximum absolute atomic E-state index is 12.7. The van der Waals surface area contributed by atoms with Crippen LogP contribution < -0.4 is 10.5 Å². The van der Waals surface area contributed by atoms with E-state index in [0.717, 1.165) is 5.56 Å². The zero-order valence-corrected chi connectivity index (χ0v) is 14.2. The van der Waals surface area contributed by atoms with Crippen LogP contribution >= 0.6 is 24.0 Å². The summed E-state index contributed by atoms with van der Waals surface area (Å²) in [7, 11) is 1.58. The van der Waals surface area contributed by atoms with E-state index in [2.05, 4.69) is 9.97 Å². The number of thioether (sulfide) groups is 1. The first-order valence-electron chi connectivity index (χ1n) is 6.75. The number of ether oxygens (including phenoxy) is 1. The van der Waals surface area contributed by atoms with E-state index >= 15 is 0 Å². The maximum Gasteiger partial charge on any atom is 0.259 e. The minimum Gasteiger partial charge on any atom is -0.497 e. The predicted molar refractivity (Wildman–Crippen MR) is 92.8 cm³/mol. The average molecular weight is 346 g/mol. The summed E-state index contributed by atoms with van der Waals surface area (Å²) in [5.41, 5.74) is 7.67. The Kier molecular flexibility index (Phi) is 4.18. The van der Waals surface area contributed by atoms with Crippen LogP contribution in [0.1, 0.15) is 21.6 Å². The van der Waals surface area contributed by atoms with Crippen LogP contribution in [0.3, 0.4) is 0 Å². The number of hydrogen-bond acceptors (Lipinski definition) is 7. The molecule has 23 heavy (non-hydrogen) atoms. The minimum absolute atomic E-state index is 0.179. The molecule has 6 nitrogen and oxygen atoms in total. The van der Waals surface area contributed by atoms with E-state index in [4.69, 9.17) is 22.7 Å². The first-order chi connectivity index (χ1) is 11.0. The lowest BCUT2D eigenvalue weighted by Crippen LogP contribution is -2.30. The monoisotopic (exact) mass is 346 g/mol. The number of nitrogens with two attached hydrogens (primary N) is 1. The van der Waals surface area contributed by atoms with E-state index in [-0.39, 0.29) is 11.9 Å². The van der Waals surface area contributed by atoms with Crippen molar-refractivity contribution < 1.29 is 9.53 Å². The molecule has 0 saturated heterocycles. The maximum atomic E-state index is 12.7. The summed E-state index contributed by atoms with van der Waals surface area (Å²) in [4.78, 5) is 23.1. The van der Waals surface area contributed by atoms with Crippen LogP contribution in [0.25, 0.3) is 0 Å². The van der Waals surface area contributed by atoms with E-state index in [1.165, 1.54) is 16.7 Å². The first-order valence-corrected chi connectivity index (χ1v) is 8.39. The van der Waals surface area contributed by atoms with Gasteiger partial charge in [-0.15, -0.1) is 11.8 Å². The van der Waals surface area contributed by atoms with Crippen LogP contribution in [0, 0.1) is 0 Å². The second kappa shape index (κ2) is 6.13. The molecule has 0 bridgehead atoms. The molecule has 2 aromatic rings. The van der Waals surface area contributed by atoms with E-state index in [1.54, 1.807) is 31.4 Å². The summed E-state index contributed by atoms with van der Waals surface area (Å²) in [6.07, 6.45) is 1.89. The Hall–Kier alpha value is -2.19. The highest BCUT2D eigenvalue weighted by Gasteiger charge is 2.33. The zero-order chi connectivity index (χ0) is 16.6. The van der Waals surface area contributed by atoms with Gasteiger partial charge in [0.25, 0.3) is 5.91 Å². The number of thiocarbonyl (C=S) groups is 1. The molecule has 118 valence electrons. The molecule has 2 heterocycles. The van der Waals surface area contributed by atoms with Crippen LogP contribution in [0.2, 0.25) is 0 Å². The quantitative estimate of drug-likeness (QED) is 0.518. The Labute approximate surface area is 143 Å². The van der Waals surface area contributed by atoms with Gasteiger partial charge < -0.3 is 10.5 Å². The fraction of sp³-hybridized carbons (Fsp3) is 0.200. The fourth-order valence-electron chi connectivity index (χ4n) is 2.39. The molecular formula is C15H14N4O2S2.